The molecule has 0 unspecified atom stereocenters. The van der Waals surface area contributed by atoms with E-state index in [4.69, 9.17) is 16.0 Å². The fraction of sp³-hybridized carbons (Fsp3) is 0.118. The third-order valence-corrected chi connectivity index (χ3v) is 4.61. The fourth-order valence-electron chi connectivity index (χ4n) is 2.20. The molecule has 6 nitrogen and oxygen atoms in total. The van der Waals surface area contributed by atoms with Gasteiger partial charge in [0.25, 0.3) is 0 Å². The van der Waals surface area contributed by atoms with Gasteiger partial charge < -0.3 is 14.1 Å². The standard InChI is InChI=1S/C17H14ClN3O3S/c1-2-21-15(11-5-7-12(18)8-6-11)19-20-17(21)25-14(16(22)23)10-13-4-3-9-24-13/h3-10H,2H2,1H3,(H,22,23)/b14-10+. The number of nitrogens with zero attached hydrogens (tertiary/aromatic N) is 3. The normalized spacial score (nSPS) is 11.7. The van der Waals surface area contributed by atoms with E-state index in [1.807, 2.05) is 23.6 Å². The molecule has 0 saturated carbocycles. The average molecular weight is 376 g/mol. The SMILES string of the molecule is CCn1c(S/C(=C/c2ccco2)C(=O)O)nnc1-c1ccc(Cl)cc1. The highest BCUT2D eigenvalue weighted by molar-refractivity contribution is 8.04. The number of carboxylic acids is 1. The Labute approximate surface area is 153 Å². The van der Waals surface area contributed by atoms with Gasteiger partial charge in [0.2, 0.25) is 0 Å². The highest BCUT2D eigenvalue weighted by atomic mass is 35.5. The van der Waals surface area contributed by atoms with Gasteiger partial charge in [0, 0.05) is 23.2 Å². The Bertz CT molecular complexity index is 902. The topological polar surface area (TPSA) is 81.2 Å². The van der Waals surface area contributed by atoms with E-state index in [-0.39, 0.29) is 4.91 Å². The summed E-state index contributed by atoms with van der Waals surface area (Å²) in [5.41, 5.74) is 0.859. The number of aliphatic carboxylic acids is 1. The van der Waals surface area contributed by atoms with Crippen molar-refractivity contribution in [3.8, 4) is 11.4 Å². The zero-order valence-corrected chi connectivity index (χ0v) is 14.8. The van der Waals surface area contributed by atoms with Gasteiger partial charge in [-0.1, -0.05) is 11.6 Å². The predicted molar refractivity (Wildman–Crippen MR) is 96.3 cm³/mol. The predicted octanol–water partition coefficient (Wildman–Crippen LogP) is 4.43. The van der Waals surface area contributed by atoms with Gasteiger partial charge in [0.05, 0.1) is 6.26 Å². The van der Waals surface area contributed by atoms with Crippen LogP contribution in [-0.4, -0.2) is 25.8 Å². The molecule has 0 radical (unpaired) electrons. The third-order valence-electron chi connectivity index (χ3n) is 3.36. The van der Waals surface area contributed by atoms with Crippen LogP contribution in [0.25, 0.3) is 17.5 Å². The molecule has 128 valence electrons. The van der Waals surface area contributed by atoms with Crippen molar-refractivity contribution in [1.29, 1.82) is 0 Å². The Kier molecular flexibility index (Phi) is 5.25. The van der Waals surface area contributed by atoms with Crippen LogP contribution in [0.1, 0.15) is 12.7 Å². The minimum atomic E-state index is -1.06. The van der Waals surface area contributed by atoms with Gasteiger partial charge in [-0.05, 0) is 55.1 Å². The van der Waals surface area contributed by atoms with Gasteiger partial charge in [0.1, 0.15) is 10.7 Å². The second-order valence-corrected chi connectivity index (χ2v) is 6.43. The molecule has 0 spiro atoms. The van der Waals surface area contributed by atoms with E-state index >= 15 is 0 Å². The molecule has 0 aliphatic rings. The lowest BCUT2D eigenvalue weighted by Crippen LogP contribution is -2.02. The van der Waals surface area contributed by atoms with Crippen LogP contribution in [0, 0.1) is 0 Å². The monoisotopic (exact) mass is 375 g/mol. The molecule has 3 rings (SSSR count). The van der Waals surface area contributed by atoms with E-state index < -0.39 is 5.97 Å². The molecule has 0 bridgehead atoms. The molecule has 25 heavy (non-hydrogen) atoms. The molecular formula is C17H14ClN3O3S. The number of carbonyl (C=O) groups is 1. The molecular weight excluding hydrogens is 362 g/mol. The number of carboxylic acid groups (broad SMARTS) is 1. The van der Waals surface area contributed by atoms with Crippen molar-refractivity contribution >= 4 is 35.4 Å². The number of rotatable bonds is 6. The van der Waals surface area contributed by atoms with Crippen molar-refractivity contribution in [3.05, 3.63) is 58.3 Å². The van der Waals surface area contributed by atoms with Crippen LogP contribution in [0.3, 0.4) is 0 Å². The van der Waals surface area contributed by atoms with E-state index in [9.17, 15) is 9.90 Å². The highest BCUT2D eigenvalue weighted by Crippen LogP contribution is 2.30. The molecule has 2 heterocycles. The van der Waals surface area contributed by atoms with Crippen molar-refractivity contribution in [2.24, 2.45) is 0 Å². The van der Waals surface area contributed by atoms with Crippen LogP contribution < -0.4 is 0 Å². The van der Waals surface area contributed by atoms with Gasteiger partial charge in [-0.15, -0.1) is 10.2 Å². The second kappa shape index (κ2) is 7.58. The maximum absolute atomic E-state index is 11.5. The van der Waals surface area contributed by atoms with Crippen LogP contribution in [0.4, 0.5) is 0 Å². The van der Waals surface area contributed by atoms with Crippen molar-refractivity contribution in [1.82, 2.24) is 14.8 Å². The Morgan fingerprint density at radius 3 is 2.68 bits per heavy atom. The molecule has 1 aromatic carbocycles. The molecule has 0 atom stereocenters. The van der Waals surface area contributed by atoms with E-state index in [0.717, 1.165) is 17.3 Å². The highest BCUT2D eigenvalue weighted by Gasteiger charge is 2.18. The Balaban J connectivity index is 1.94. The molecule has 2 aromatic heterocycles. The van der Waals surface area contributed by atoms with Crippen LogP contribution >= 0.6 is 23.4 Å². The molecule has 3 aromatic rings. The molecule has 0 aliphatic carbocycles. The summed E-state index contributed by atoms with van der Waals surface area (Å²) in [5.74, 6) is 0.0647. The first kappa shape index (κ1) is 17.3. The zero-order chi connectivity index (χ0) is 17.8. The number of benzene rings is 1. The lowest BCUT2D eigenvalue weighted by Gasteiger charge is -2.07. The molecule has 8 heteroatoms. The first-order valence-corrected chi connectivity index (χ1v) is 8.63. The largest absolute Gasteiger partial charge is 0.477 e. The average Bonchev–Trinajstić information content (AvgIpc) is 3.24. The Morgan fingerprint density at radius 1 is 1.32 bits per heavy atom. The summed E-state index contributed by atoms with van der Waals surface area (Å²) in [6.07, 6.45) is 2.95. The van der Waals surface area contributed by atoms with Crippen LogP contribution in [0.15, 0.2) is 57.1 Å². The summed E-state index contributed by atoms with van der Waals surface area (Å²) in [6.45, 7) is 2.55. The molecule has 0 amide bonds. The van der Waals surface area contributed by atoms with E-state index in [1.165, 1.54) is 12.3 Å². The van der Waals surface area contributed by atoms with Gasteiger partial charge >= 0.3 is 5.97 Å². The van der Waals surface area contributed by atoms with Crippen molar-refractivity contribution in [3.63, 3.8) is 0 Å². The molecule has 0 saturated heterocycles. The summed E-state index contributed by atoms with van der Waals surface area (Å²) >= 11 is 6.95. The van der Waals surface area contributed by atoms with E-state index in [2.05, 4.69) is 10.2 Å². The molecule has 0 fully saturated rings. The van der Waals surface area contributed by atoms with Crippen LogP contribution in [-0.2, 0) is 11.3 Å². The first-order valence-electron chi connectivity index (χ1n) is 7.44. The lowest BCUT2D eigenvalue weighted by atomic mass is 10.2. The van der Waals surface area contributed by atoms with Crippen LogP contribution in [0.2, 0.25) is 5.02 Å². The number of aromatic nitrogens is 3. The lowest BCUT2D eigenvalue weighted by molar-refractivity contribution is -0.131. The Morgan fingerprint density at radius 2 is 2.08 bits per heavy atom. The second-order valence-electron chi connectivity index (χ2n) is 4.99. The van der Waals surface area contributed by atoms with Gasteiger partial charge in [-0.2, -0.15) is 0 Å². The van der Waals surface area contributed by atoms with E-state index in [0.29, 0.717) is 28.3 Å². The summed E-state index contributed by atoms with van der Waals surface area (Å²) in [7, 11) is 0. The summed E-state index contributed by atoms with van der Waals surface area (Å²) in [5, 5.41) is 18.9. The minimum absolute atomic E-state index is 0.0970. The number of thioether (sulfide) groups is 1. The number of hydrogen-bond acceptors (Lipinski definition) is 5. The summed E-state index contributed by atoms with van der Waals surface area (Å²) in [6, 6.07) is 10.6. The smallest absolute Gasteiger partial charge is 0.342 e. The van der Waals surface area contributed by atoms with Crippen molar-refractivity contribution in [2.75, 3.05) is 0 Å². The maximum Gasteiger partial charge on any atom is 0.342 e. The fourth-order valence-corrected chi connectivity index (χ4v) is 3.19. The van der Waals surface area contributed by atoms with Crippen molar-refractivity contribution < 1.29 is 14.3 Å². The number of hydrogen-bond donors (Lipinski definition) is 1. The summed E-state index contributed by atoms with van der Waals surface area (Å²) < 4.78 is 7.04. The van der Waals surface area contributed by atoms with Crippen LogP contribution in [0.5, 0.6) is 0 Å². The van der Waals surface area contributed by atoms with Crippen molar-refractivity contribution in [2.45, 2.75) is 18.6 Å². The van der Waals surface area contributed by atoms with Gasteiger partial charge in [-0.3, -0.25) is 0 Å². The number of halogens is 1. The quantitative estimate of drug-likeness (QED) is 0.507. The summed E-state index contributed by atoms with van der Waals surface area (Å²) in [4.78, 5) is 11.6. The van der Waals surface area contributed by atoms with E-state index in [1.54, 1.807) is 24.3 Å². The Hall–Kier alpha value is -2.51. The molecule has 0 aliphatic heterocycles. The zero-order valence-electron chi connectivity index (χ0n) is 13.2. The van der Waals surface area contributed by atoms with Gasteiger partial charge in [-0.25, -0.2) is 4.79 Å². The minimum Gasteiger partial charge on any atom is -0.477 e. The third kappa shape index (κ3) is 3.94. The molecule has 1 N–H and O–H groups in total. The van der Waals surface area contributed by atoms with Gasteiger partial charge in [0.15, 0.2) is 11.0 Å². The number of furan rings is 1. The maximum atomic E-state index is 11.5. The first-order chi connectivity index (χ1) is 12.1.